The lowest BCUT2D eigenvalue weighted by Crippen LogP contribution is -2.56. The van der Waals surface area contributed by atoms with Crippen LogP contribution in [0.2, 0.25) is 0 Å². The van der Waals surface area contributed by atoms with Gasteiger partial charge < -0.3 is 21.1 Å². The van der Waals surface area contributed by atoms with E-state index < -0.39 is 0 Å². The van der Waals surface area contributed by atoms with Crippen LogP contribution in [0.5, 0.6) is 0 Å². The first-order valence-electron chi connectivity index (χ1n) is 15.2. The number of nitrogens with zero attached hydrogens (tertiary/aromatic N) is 6. The molecular formula is C34H36N8O. The number of anilines is 2. The van der Waals surface area contributed by atoms with Crippen LogP contribution in [0.15, 0.2) is 79.0 Å². The second kappa shape index (κ2) is 10.4. The second-order valence-electron chi connectivity index (χ2n) is 12.1. The summed E-state index contributed by atoms with van der Waals surface area (Å²) in [5.74, 6) is 1.15. The number of hydrogen-bond donors (Lipinski definition) is 2. The molecule has 8 rings (SSSR count). The number of imidazole rings is 1. The van der Waals surface area contributed by atoms with Gasteiger partial charge in [-0.15, -0.1) is 0 Å². The number of pyridine rings is 2. The van der Waals surface area contributed by atoms with Gasteiger partial charge in [-0.25, -0.2) is 15.0 Å². The Hall–Kier alpha value is -4.31. The molecule has 4 N–H and O–H groups in total. The van der Waals surface area contributed by atoms with Crippen LogP contribution in [0, 0.1) is 0 Å². The van der Waals surface area contributed by atoms with Crippen molar-refractivity contribution >= 4 is 22.7 Å². The molecule has 43 heavy (non-hydrogen) atoms. The van der Waals surface area contributed by atoms with Crippen molar-refractivity contribution in [3.63, 3.8) is 0 Å². The highest BCUT2D eigenvalue weighted by molar-refractivity contribution is 5.84. The van der Waals surface area contributed by atoms with Gasteiger partial charge in [-0.1, -0.05) is 24.3 Å². The first-order chi connectivity index (χ1) is 21.1. The number of nitrogens with two attached hydrogens (primary N) is 2. The minimum absolute atomic E-state index is 0.221. The average Bonchev–Trinajstić information content (AvgIpc) is 3.38. The van der Waals surface area contributed by atoms with Crippen LogP contribution < -0.4 is 16.4 Å². The highest BCUT2D eigenvalue weighted by Crippen LogP contribution is 2.39. The van der Waals surface area contributed by atoms with Gasteiger partial charge in [0.05, 0.1) is 30.5 Å². The minimum atomic E-state index is -0.221. The standard InChI is InChI=1S/C34H36N8O/c35-31-28(6-2-15-37-31)32-39-30-12-11-29(38-33(30)42(32)25-9-7-24(8-10-25)34(36)13-3-14-34)23-4-1-5-26(20-23)40-16-18-41(19-17-40)27-21-43-22-27/h1-2,4-12,15,20,27H,3,13-14,16-19,21-22,36H2,(H2,35,37). The molecule has 0 amide bonds. The first kappa shape index (κ1) is 26.3. The Kier molecular flexibility index (Phi) is 6.40. The van der Waals surface area contributed by atoms with Gasteiger partial charge in [-0.3, -0.25) is 9.47 Å². The van der Waals surface area contributed by atoms with E-state index in [2.05, 4.69) is 73.9 Å². The average molecular weight is 573 g/mol. The summed E-state index contributed by atoms with van der Waals surface area (Å²) in [6, 6.07) is 25.8. The lowest BCUT2D eigenvalue weighted by molar-refractivity contribution is -0.0660. The lowest BCUT2D eigenvalue weighted by atomic mass is 9.73. The molecule has 1 aliphatic carbocycles. The molecule has 3 aliphatic rings. The molecule has 2 aliphatic heterocycles. The van der Waals surface area contributed by atoms with E-state index >= 15 is 0 Å². The summed E-state index contributed by atoms with van der Waals surface area (Å²) in [6.45, 7) is 5.88. The van der Waals surface area contributed by atoms with Crippen molar-refractivity contribution in [3.05, 3.63) is 84.6 Å². The summed E-state index contributed by atoms with van der Waals surface area (Å²) in [6.07, 6.45) is 4.92. The maximum Gasteiger partial charge on any atom is 0.165 e. The molecule has 0 bridgehead atoms. The Balaban J connectivity index is 1.17. The fourth-order valence-electron chi connectivity index (χ4n) is 6.58. The molecule has 218 valence electrons. The van der Waals surface area contributed by atoms with Crippen LogP contribution in [0.4, 0.5) is 11.5 Å². The van der Waals surface area contributed by atoms with E-state index in [9.17, 15) is 0 Å². The maximum absolute atomic E-state index is 6.64. The molecule has 5 aromatic rings. The smallest absolute Gasteiger partial charge is 0.165 e. The Labute approximate surface area is 251 Å². The van der Waals surface area contributed by atoms with Crippen molar-refractivity contribution < 1.29 is 4.74 Å². The zero-order chi connectivity index (χ0) is 29.0. The van der Waals surface area contributed by atoms with E-state index in [0.717, 1.165) is 85.9 Å². The molecule has 0 atom stereocenters. The Morgan fingerprint density at radius 1 is 0.837 bits per heavy atom. The largest absolute Gasteiger partial charge is 0.383 e. The van der Waals surface area contributed by atoms with Gasteiger partial charge in [0.15, 0.2) is 11.5 Å². The van der Waals surface area contributed by atoms with Crippen LogP contribution in [-0.2, 0) is 10.3 Å². The van der Waals surface area contributed by atoms with Gasteiger partial charge in [-0.05, 0) is 73.4 Å². The third-order valence-electron chi connectivity index (χ3n) is 9.49. The van der Waals surface area contributed by atoms with Gasteiger partial charge in [0.2, 0.25) is 0 Å². The topological polar surface area (TPSA) is 111 Å². The number of nitrogen functional groups attached to an aromatic ring is 1. The van der Waals surface area contributed by atoms with Crippen LogP contribution >= 0.6 is 0 Å². The summed E-state index contributed by atoms with van der Waals surface area (Å²) in [7, 11) is 0. The fraction of sp³-hybridized carbons (Fsp3) is 0.324. The molecule has 3 fully saturated rings. The second-order valence-corrected chi connectivity index (χ2v) is 12.1. The third-order valence-corrected chi connectivity index (χ3v) is 9.49. The van der Waals surface area contributed by atoms with Crippen molar-refractivity contribution in [2.45, 2.75) is 30.8 Å². The molecule has 0 unspecified atom stereocenters. The molecule has 0 spiro atoms. The number of piperazine rings is 1. The number of hydrogen-bond acceptors (Lipinski definition) is 8. The van der Waals surface area contributed by atoms with Crippen molar-refractivity contribution in [1.29, 1.82) is 0 Å². The summed E-state index contributed by atoms with van der Waals surface area (Å²) in [5, 5.41) is 0. The molecule has 3 aromatic heterocycles. The minimum Gasteiger partial charge on any atom is -0.383 e. The third kappa shape index (κ3) is 4.64. The Morgan fingerprint density at radius 2 is 1.65 bits per heavy atom. The number of ether oxygens (including phenoxy) is 1. The highest BCUT2D eigenvalue weighted by atomic mass is 16.5. The molecule has 1 saturated carbocycles. The van der Waals surface area contributed by atoms with E-state index in [0.29, 0.717) is 17.7 Å². The number of fused-ring (bicyclic) bond motifs is 1. The molecule has 9 heteroatoms. The van der Waals surface area contributed by atoms with E-state index in [1.165, 1.54) is 17.7 Å². The summed E-state index contributed by atoms with van der Waals surface area (Å²) >= 11 is 0. The van der Waals surface area contributed by atoms with Gasteiger partial charge in [-0.2, -0.15) is 0 Å². The molecule has 2 aromatic carbocycles. The molecule has 0 radical (unpaired) electrons. The van der Waals surface area contributed by atoms with E-state index in [1.807, 2.05) is 18.2 Å². The summed E-state index contributed by atoms with van der Waals surface area (Å²) < 4.78 is 7.50. The van der Waals surface area contributed by atoms with Gasteiger partial charge in [0.1, 0.15) is 11.3 Å². The molecule has 5 heterocycles. The number of rotatable bonds is 6. The van der Waals surface area contributed by atoms with E-state index in [-0.39, 0.29) is 5.54 Å². The normalized spacial score (nSPS) is 18.9. The predicted octanol–water partition coefficient (Wildman–Crippen LogP) is 4.59. The van der Waals surface area contributed by atoms with Gasteiger partial charge >= 0.3 is 0 Å². The predicted molar refractivity (Wildman–Crippen MR) is 170 cm³/mol. The van der Waals surface area contributed by atoms with Gasteiger partial charge in [0, 0.05) is 54.9 Å². The van der Waals surface area contributed by atoms with Gasteiger partial charge in [0.25, 0.3) is 0 Å². The number of benzene rings is 2. The molecule has 2 saturated heterocycles. The summed E-state index contributed by atoms with van der Waals surface area (Å²) in [5.41, 5.74) is 20.5. The molecular weight excluding hydrogens is 536 g/mol. The lowest BCUT2D eigenvalue weighted by Gasteiger charge is -2.43. The first-order valence-corrected chi connectivity index (χ1v) is 15.2. The molecule has 9 nitrogen and oxygen atoms in total. The number of aromatic nitrogens is 4. The monoisotopic (exact) mass is 572 g/mol. The SMILES string of the molecule is Nc1ncccc1-c1nc2ccc(-c3cccc(N4CCN(C5COC5)CC4)c3)nc2n1-c1ccc(C2(N)CCC2)cc1. The summed E-state index contributed by atoms with van der Waals surface area (Å²) in [4.78, 5) is 19.6. The van der Waals surface area contributed by atoms with Crippen molar-refractivity contribution in [2.75, 3.05) is 50.0 Å². The zero-order valence-electron chi connectivity index (χ0n) is 24.2. The zero-order valence-corrected chi connectivity index (χ0v) is 24.2. The van der Waals surface area contributed by atoms with Crippen molar-refractivity contribution in [1.82, 2.24) is 24.4 Å². The quantitative estimate of drug-likeness (QED) is 0.304. The van der Waals surface area contributed by atoms with E-state index in [4.69, 9.17) is 26.2 Å². The van der Waals surface area contributed by atoms with Crippen LogP contribution in [0.1, 0.15) is 24.8 Å². The van der Waals surface area contributed by atoms with Crippen LogP contribution in [0.25, 0.3) is 39.5 Å². The fourth-order valence-corrected chi connectivity index (χ4v) is 6.58. The van der Waals surface area contributed by atoms with Crippen LogP contribution in [-0.4, -0.2) is 69.9 Å². The van der Waals surface area contributed by atoms with Crippen molar-refractivity contribution in [3.8, 4) is 28.3 Å². The van der Waals surface area contributed by atoms with Crippen LogP contribution in [0.3, 0.4) is 0 Å². The Morgan fingerprint density at radius 3 is 2.35 bits per heavy atom. The van der Waals surface area contributed by atoms with E-state index in [1.54, 1.807) is 6.20 Å². The maximum atomic E-state index is 6.64. The highest BCUT2D eigenvalue weighted by Gasteiger charge is 2.34. The Bertz CT molecular complexity index is 1780. The van der Waals surface area contributed by atoms with Crippen molar-refractivity contribution in [2.24, 2.45) is 5.73 Å².